The van der Waals surface area contributed by atoms with Crippen molar-refractivity contribution in [1.29, 1.82) is 0 Å². The van der Waals surface area contributed by atoms with Gasteiger partial charge in [-0.2, -0.15) is 0 Å². The highest BCUT2D eigenvalue weighted by Gasteiger charge is 2.38. The van der Waals surface area contributed by atoms with Crippen molar-refractivity contribution in [3.05, 3.63) is 54.3 Å². The standard InChI is InChI=1S/C21H26FN3O3S/c1-21(11-13-25(14-12-21)29(3,27)28)24(2)20(26)23-19-9-7-16(8-10-19)17-5-4-6-18(22)15-17/h4-10,15H,11-14H2,1-3H3,(H,23,26). The van der Waals surface area contributed by atoms with Crippen molar-refractivity contribution in [2.75, 3.05) is 31.7 Å². The molecule has 156 valence electrons. The maximum Gasteiger partial charge on any atom is 0.322 e. The van der Waals surface area contributed by atoms with Crippen LogP contribution in [0.3, 0.4) is 0 Å². The topological polar surface area (TPSA) is 69.7 Å². The van der Waals surface area contributed by atoms with E-state index in [9.17, 15) is 17.6 Å². The Morgan fingerprint density at radius 1 is 1.10 bits per heavy atom. The summed E-state index contributed by atoms with van der Waals surface area (Å²) in [6.45, 7) is 2.77. The van der Waals surface area contributed by atoms with E-state index >= 15 is 0 Å². The molecule has 2 aromatic rings. The summed E-state index contributed by atoms with van der Waals surface area (Å²) in [6.07, 6.45) is 2.35. The van der Waals surface area contributed by atoms with Gasteiger partial charge in [0.2, 0.25) is 10.0 Å². The van der Waals surface area contributed by atoms with E-state index < -0.39 is 15.6 Å². The Balaban J connectivity index is 1.64. The third-order valence-electron chi connectivity index (χ3n) is 5.68. The lowest BCUT2D eigenvalue weighted by atomic mass is 9.89. The average molecular weight is 420 g/mol. The van der Waals surface area contributed by atoms with Crippen molar-refractivity contribution in [2.45, 2.75) is 25.3 Å². The first-order valence-corrected chi connectivity index (χ1v) is 11.3. The van der Waals surface area contributed by atoms with E-state index in [1.807, 2.05) is 25.1 Å². The van der Waals surface area contributed by atoms with Crippen LogP contribution in [-0.2, 0) is 10.0 Å². The fourth-order valence-electron chi connectivity index (χ4n) is 3.50. The van der Waals surface area contributed by atoms with Gasteiger partial charge in [0.1, 0.15) is 5.82 Å². The second kappa shape index (κ2) is 8.12. The van der Waals surface area contributed by atoms with Crippen LogP contribution in [0.5, 0.6) is 0 Å². The highest BCUT2D eigenvalue weighted by Crippen LogP contribution is 2.29. The number of carbonyl (C=O) groups excluding carboxylic acids is 1. The molecular weight excluding hydrogens is 393 g/mol. The van der Waals surface area contributed by atoms with Gasteiger partial charge in [-0.3, -0.25) is 0 Å². The maximum atomic E-state index is 13.4. The first-order chi connectivity index (χ1) is 13.6. The van der Waals surface area contributed by atoms with Crippen molar-refractivity contribution in [1.82, 2.24) is 9.21 Å². The molecule has 1 heterocycles. The van der Waals surface area contributed by atoms with Gasteiger partial charge in [0.25, 0.3) is 0 Å². The van der Waals surface area contributed by atoms with Crippen molar-refractivity contribution in [2.24, 2.45) is 0 Å². The van der Waals surface area contributed by atoms with Crippen LogP contribution in [0.1, 0.15) is 19.8 Å². The van der Waals surface area contributed by atoms with Crippen LogP contribution in [0.25, 0.3) is 11.1 Å². The van der Waals surface area contributed by atoms with Gasteiger partial charge < -0.3 is 10.2 Å². The number of urea groups is 1. The molecule has 0 aromatic heterocycles. The van der Waals surface area contributed by atoms with Crippen LogP contribution in [0, 0.1) is 5.82 Å². The smallest absolute Gasteiger partial charge is 0.322 e. The number of rotatable bonds is 4. The van der Waals surface area contributed by atoms with Crippen LogP contribution >= 0.6 is 0 Å². The molecule has 0 unspecified atom stereocenters. The Labute approximate surface area is 171 Å². The highest BCUT2D eigenvalue weighted by molar-refractivity contribution is 7.88. The van der Waals surface area contributed by atoms with Crippen LogP contribution in [0.15, 0.2) is 48.5 Å². The fraction of sp³-hybridized carbons (Fsp3) is 0.381. The maximum absolute atomic E-state index is 13.4. The molecule has 0 radical (unpaired) electrons. The van der Waals surface area contributed by atoms with Crippen LogP contribution in [0.4, 0.5) is 14.9 Å². The number of hydrogen-bond donors (Lipinski definition) is 1. The van der Waals surface area contributed by atoms with Crippen LogP contribution in [-0.4, -0.2) is 55.6 Å². The molecule has 0 saturated carbocycles. The predicted molar refractivity (Wildman–Crippen MR) is 113 cm³/mol. The zero-order valence-corrected chi connectivity index (χ0v) is 17.7. The number of hydrogen-bond acceptors (Lipinski definition) is 3. The summed E-state index contributed by atoms with van der Waals surface area (Å²) >= 11 is 0. The van der Waals surface area contributed by atoms with E-state index in [0.717, 1.165) is 11.1 Å². The molecule has 1 fully saturated rings. The number of nitrogens with zero attached hydrogens (tertiary/aromatic N) is 2. The fourth-order valence-corrected chi connectivity index (χ4v) is 4.35. The highest BCUT2D eigenvalue weighted by atomic mass is 32.2. The Morgan fingerprint density at radius 2 is 1.72 bits per heavy atom. The molecule has 0 atom stereocenters. The molecule has 3 rings (SSSR count). The zero-order chi connectivity index (χ0) is 21.2. The van der Waals surface area contributed by atoms with Crippen LogP contribution < -0.4 is 5.32 Å². The molecule has 8 heteroatoms. The summed E-state index contributed by atoms with van der Waals surface area (Å²) in [6, 6.07) is 13.3. The number of anilines is 1. The van der Waals surface area contributed by atoms with Gasteiger partial charge in [-0.15, -0.1) is 0 Å². The van der Waals surface area contributed by atoms with E-state index in [4.69, 9.17) is 0 Å². The van der Waals surface area contributed by atoms with Crippen molar-refractivity contribution in [3.8, 4) is 11.1 Å². The van der Waals surface area contributed by atoms with Crippen molar-refractivity contribution < 1.29 is 17.6 Å². The monoisotopic (exact) mass is 419 g/mol. The molecular formula is C21H26FN3O3S. The SMILES string of the molecule is CN(C(=O)Nc1ccc(-c2cccc(F)c2)cc1)C1(C)CCN(S(C)(=O)=O)CC1. The van der Waals surface area contributed by atoms with Gasteiger partial charge in [-0.25, -0.2) is 21.9 Å². The lowest BCUT2D eigenvalue weighted by Crippen LogP contribution is -2.55. The van der Waals surface area contributed by atoms with Crippen molar-refractivity contribution >= 4 is 21.7 Å². The predicted octanol–water partition coefficient (Wildman–Crippen LogP) is 3.77. The number of piperidine rings is 1. The number of benzene rings is 2. The molecule has 1 aliphatic heterocycles. The first kappa shape index (κ1) is 21.3. The molecule has 0 spiro atoms. The largest absolute Gasteiger partial charge is 0.322 e. The molecule has 29 heavy (non-hydrogen) atoms. The third-order valence-corrected chi connectivity index (χ3v) is 6.98. The van der Waals surface area contributed by atoms with E-state index in [1.165, 1.54) is 22.7 Å². The van der Waals surface area contributed by atoms with Crippen LogP contribution in [0.2, 0.25) is 0 Å². The Hall–Kier alpha value is -2.45. The van der Waals surface area contributed by atoms with Crippen molar-refractivity contribution in [3.63, 3.8) is 0 Å². The lowest BCUT2D eigenvalue weighted by molar-refractivity contribution is 0.106. The second-order valence-corrected chi connectivity index (χ2v) is 9.72. The summed E-state index contributed by atoms with van der Waals surface area (Å²) < 4.78 is 38.3. The van der Waals surface area contributed by atoms with E-state index in [-0.39, 0.29) is 11.8 Å². The molecule has 1 saturated heterocycles. The number of nitrogens with one attached hydrogen (secondary N) is 1. The number of amides is 2. The molecule has 1 aliphatic rings. The average Bonchev–Trinajstić information content (AvgIpc) is 2.67. The summed E-state index contributed by atoms with van der Waals surface area (Å²) in [4.78, 5) is 14.4. The summed E-state index contributed by atoms with van der Waals surface area (Å²) in [5, 5.41) is 2.88. The van der Waals surface area contributed by atoms with Gasteiger partial charge in [0.05, 0.1) is 6.26 Å². The van der Waals surface area contributed by atoms with Gasteiger partial charge in [0, 0.05) is 31.4 Å². The van der Waals surface area contributed by atoms with Gasteiger partial charge in [-0.05, 0) is 55.2 Å². The minimum atomic E-state index is -3.21. The summed E-state index contributed by atoms with van der Waals surface area (Å²) in [5.41, 5.74) is 1.84. The van der Waals surface area contributed by atoms with E-state index in [1.54, 1.807) is 30.1 Å². The van der Waals surface area contributed by atoms with Gasteiger partial charge in [0.15, 0.2) is 0 Å². The quantitative estimate of drug-likeness (QED) is 0.820. The zero-order valence-electron chi connectivity index (χ0n) is 16.9. The summed E-state index contributed by atoms with van der Waals surface area (Å²) in [7, 11) is -1.48. The second-order valence-electron chi connectivity index (χ2n) is 7.74. The Bertz CT molecular complexity index is 984. The van der Waals surface area contributed by atoms with Gasteiger partial charge in [-0.1, -0.05) is 24.3 Å². The third kappa shape index (κ3) is 4.94. The van der Waals surface area contributed by atoms with Gasteiger partial charge >= 0.3 is 6.03 Å². The molecule has 2 aromatic carbocycles. The minimum absolute atomic E-state index is 0.251. The Morgan fingerprint density at radius 3 is 2.28 bits per heavy atom. The lowest BCUT2D eigenvalue weighted by Gasteiger charge is -2.44. The number of halogens is 1. The van der Waals surface area contributed by atoms with E-state index in [2.05, 4.69) is 5.32 Å². The molecule has 6 nitrogen and oxygen atoms in total. The first-order valence-electron chi connectivity index (χ1n) is 9.44. The minimum Gasteiger partial charge on any atom is -0.322 e. The summed E-state index contributed by atoms with van der Waals surface area (Å²) in [5.74, 6) is -0.295. The number of sulfonamides is 1. The Kier molecular flexibility index (Phi) is 5.95. The normalized spacial score (nSPS) is 17.0. The molecule has 0 aliphatic carbocycles. The van der Waals surface area contributed by atoms with E-state index in [0.29, 0.717) is 31.6 Å². The number of carbonyl (C=O) groups is 1. The molecule has 0 bridgehead atoms. The molecule has 2 amide bonds. The molecule has 1 N–H and O–H groups in total.